The van der Waals surface area contributed by atoms with Crippen molar-refractivity contribution < 1.29 is 59.9 Å². The van der Waals surface area contributed by atoms with Crippen LogP contribution in [0.25, 0.3) is 44.2 Å². The Morgan fingerprint density at radius 2 is 0.973 bits per heavy atom. The van der Waals surface area contributed by atoms with Gasteiger partial charge in [0.15, 0.2) is 0 Å². The first-order valence-electron chi connectivity index (χ1n) is 12.2. The smallest absolute Gasteiger partial charge is 1.00 e. The van der Waals surface area contributed by atoms with E-state index in [1.165, 1.54) is 32.7 Å². The average molecular weight is 609 g/mol. The Labute approximate surface area is 250 Å². The maximum Gasteiger partial charge on any atom is 4.00 e. The second-order valence-electron chi connectivity index (χ2n) is 8.78. The summed E-state index contributed by atoms with van der Waals surface area (Å²) in [6.07, 6.45) is 4.27. The summed E-state index contributed by atoms with van der Waals surface area (Å²) in [4.78, 5) is 0. The molecule has 2 aromatic heterocycles. The molecule has 0 saturated heterocycles. The SMILES string of the molecule is CCCc1ccc(-c2cc3ccccc3[cH-]2)o1.CCCc1ccc(-c2cc3ccccc3[cH-]2)o1.[Cl-].[Cl-].[Zr+4]. The fraction of sp³-hybridized carbons (Fsp3) is 0.188. The van der Waals surface area contributed by atoms with E-state index in [4.69, 9.17) is 8.83 Å². The van der Waals surface area contributed by atoms with E-state index in [9.17, 15) is 0 Å². The van der Waals surface area contributed by atoms with Gasteiger partial charge in [0.1, 0.15) is 0 Å². The van der Waals surface area contributed by atoms with E-state index >= 15 is 0 Å². The molecule has 0 spiro atoms. The Bertz CT molecular complexity index is 1320. The van der Waals surface area contributed by atoms with Crippen LogP contribution in [0, 0.1) is 0 Å². The van der Waals surface area contributed by atoms with Gasteiger partial charge in [-0.15, -0.1) is 57.9 Å². The van der Waals surface area contributed by atoms with Crippen molar-refractivity contribution in [2.45, 2.75) is 39.5 Å². The maximum atomic E-state index is 5.84. The Balaban J connectivity index is 0.000000241. The second kappa shape index (κ2) is 14.6. The minimum atomic E-state index is 0. The zero-order chi connectivity index (χ0) is 23.3. The van der Waals surface area contributed by atoms with Crippen LogP contribution in [-0.4, -0.2) is 0 Å². The molecule has 37 heavy (non-hydrogen) atoms. The zero-order valence-electron chi connectivity index (χ0n) is 21.1. The molecule has 0 aliphatic heterocycles. The topological polar surface area (TPSA) is 26.3 Å². The van der Waals surface area contributed by atoms with E-state index in [-0.39, 0.29) is 51.0 Å². The van der Waals surface area contributed by atoms with E-state index < -0.39 is 0 Å². The maximum absolute atomic E-state index is 5.84. The van der Waals surface area contributed by atoms with Gasteiger partial charge in [-0.1, -0.05) is 61.4 Å². The van der Waals surface area contributed by atoms with Crippen molar-refractivity contribution in [2.75, 3.05) is 0 Å². The van der Waals surface area contributed by atoms with Gasteiger partial charge in [-0.2, -0.15) is 0 Å². The fourth-order valence-electron chi connectivity index (χ4n) is 4.41. The van der Waals surface area contributed by atoms with Gasteiger partial charge < -0.3 is 33.6 Å². The third-order valence-corrected chi connectivity index (χ3v) is 6.12. The van der Waals surface area contributed by atoms with Gasteiger partial charge in [0.2, 0.25) is 0 Å². The molecule has 0 atom stereocenters. The molecule has 0 radical (unpaired) electrons. The minimum Gasteiger partial charge on any atom is -1.00 e. The molecule has 0 unspecified atom stereocenters. The molecule has 0 fully saturated rings. The molecule has 0 N–H and O–H groups in total. The molecule has 0 bridgehead atoms. The molecule has 6 rings (SSSR count). The van der Waals surface area contributed by atoms with Crippen LogP contribution in [0.1, 0.15) is 38.2 Å². The second-order valence-corrected chi connectivity index (χ2v) is 8.78. The van der Waals surface area contributed by atoms with Gasteiger partial charge in [0, 0.05) is 12.8 Å². The van der Waals surface area contributed by atoms with Crippen LogP contribution in [-0.2, 0) is 39.0 Å². The Kier molecular flexibility index (Phi) is 12.2. The van der Waals surface area contributed by atoms with Crippen molar-refractivity contribution >= 4 is 21.5 Å². The van der Waals surface area contributed by atoms with E-state index in [0.717, 1.165) is 48.7 Å². The predicted octanol–water partition coefficient (Wildman–Crippen LogP) is 3.55. The van der Waals surface area contributed by atoms with Crippen LogP contribution in [0.3, 0.4) is 0 Å². The molecular weight excluding hydrogens is 578 g/mol. The van der Waals surface area contributed by atoms with Crippen LogP contribution in [0.2, 0.25) is 0 Å². The molecule has 6 aromatic rings. The summed E-state index contributed by atoms with van der Waals surface area (Å²) in [6.45, 7) is 4.33. The third kappa shape index (κ3) is 7.38. The van der Waals surface area contributed by atoms with Crippen molar-refractivity contribution in [3.63, 3.8) is 0 Å². The molecule has 0 aliphatic carbocycles. The van der Waals surface area contributed by atoms with Crippen LogP contribution in [0.15, 0.2) is 106 Å². The molecule has 2 heterocycles. The summed E-state index contributed by atoms with van der Waals surface area (Å²) >= 11 is 0. The molecule has 0 saturated carbocycles. The van der Waals surface area contributed by atoms with Gasteiger partial charge >= 0.3 is 26.2 Å². The molecule has 5 heteroatoms. The fourth-order valence-corrected chi connectivity index (χ4v) is 4.41. The first-order valence-corrected chi connectivity index (χ1v) is 12.2. The van der Waals surface area contributed by atoms with Gasteiger partial charge in [-0.3, -0.25) is 0 Å². The third-order valence-electron chi connectivity index (χ3n) is 6.12. The van der Waals surface area contributed by atoms with Gasteiger partial charge in [-0.25, -0.2) is 0 Å². The van der Waals surface area contributed by atoms with Gasteiger partial charge in [0.05, 0.1) is 23.0 Å². The van der Waals surface area contributed by atoms with E-state index in [1.807, 2.05) is 0 Å². The number of furan rings is 2. The Hall–Kier alpha value is -2.32. The predicted molar refractivity (Wildman–Crippen MR) is 142 cm³/mol. The van der Waals surface area contributed by atoms with Crippen LogP contribution < -0.4 is 24.8 Å². The minimum absolute atomic E-state index is 0. The molecule has 188 valence electrons. The number of hydrogen-bond donors (Lipinski definition) is 0. The Morgan fingerprint density at radius 1 is 0.568 bits per heavy atom. The van der Waals surface area contributed by atoms with E-state index in [2.05, 4.69) is 111 Å². The quantitative estimate of drug-likeness (QED) is 0.271. The summed E-state index contributed by atoms with van der Waals surface area (Å²) in [5.74, 6) is 4.11. The first kappa shape index (κ1) is 30.9. The molecular formula is C32H30Cl2O2Zr. The van der Waals surface area contributed by atoms with Crippen molar-refractivity contribution in [1.29, 1.82) is 0 Å². The number of halogens is 2. The summed E-state index contributed by atoms with van der Waals surface area (Å²) in [5.41, 5.74) is 2.35. The van der Waals surface area contributed by atoms with Crippen molar-refractivity contribution in [2.24, 2.45) is 0 Å². The normalized spacial score (nSPS) is 10.2. The van der Waals surface area contributed by atoms with Crippen LogP contribution in [0.5, 0.6) is 0 Å². The van der Waals surface area contributed by atoms with Crippen molar-refractivity contribution in [3.8, 4) is 22.6 Å². The summed E-state index contributed by atoms with van der Waals surface area (Å²) in [7, 11) is 0. The zero-order valence-corrected chi connectivity index (χ0v) is 25.1. The molecule has 4 aromatic carbocycles. The number of hydrogen-bond acceptors (Lipinski definition) is 2. The summed E-state index contributed by atoms with van der Waals surface area (Å²) < 4.78 is 11.7. The average Bonchev–Trinajstić information content (AvgIpc) is 3.64. The standard InChI is InChI=1S/2C16H15O.2ClH.Zr/c2*1-2-5-15-8-9-16(17-15)14-10-12-6-3-4-7-13(12)11-14;;;/h2*3-4,6-11H,2,5H2,1H3;2*1H;/q2*-1;;;+4/p-2. The first-order chi connectivity index (χ1) is 16.7. The van der Waals surface area contributed by atoms with Gasteiger partial charge in [0.25, 0.3) is 0 Å². The molecule has 0 amide bonds. The number of rotatable bonds is 6. The van der Waals surface area contributed by atoms with Gasteiger partial charge in [-0.05, 0) is 37.1 Å². The molecule has 0 aliphatic rings. The number of benzene rings is 2. The summed E-state index contributed by atoms with van der Waals surface area (Å²) in [5, 5.41) is 5.10. The van der Waals surface area contributed by atoms with E-state index in [1.54, 1.807) is 0 Å². The monoisotopic (exact) mass is 606 g/mol. The molecule has 2 nitrogen and oxygen atoms in total. The Morgan fingerprint density at radius 3 is 1.35 bits per heavy atom. The summed E-state index contributed by atoms with van der Waals surface area (Å²) in [6, 6.07) is 33.8. The van der Waals surface area contributed by atoms with Crippen molar-refractivity contribution in [1.82, 2.24) is 0 Å². The largest absolute Gasteiger partial charge is 4.00 e. The van der Waals surface area contributed by atoms with Crippen LogP contribution >= 0.6 is 0 Å². The number of aryl methyl sites for hydroxylation is 2. The van der Waals surface area contributed by atoms with E-state index in [0.29, 0.717) is 0 Å². The van der Waals surface area contributed by atoms with Crippen molar-refractivity contribution in [3.05, 3.63) is 109 Å². The van der Waals surface area contributed by atoms with Crippen LogP contribution in [0.4, 0.5) is 0 Å². The number of fused-ring (bicyclic) bond motifs is 2.